The number of rotatable bonds is 11. The van der Waals surface area contributed by atoms with Crippen LogP contribution in [0.25, 0.3) is 0 Å². The van der Waals surface area contributed by atoms with E-state index in [1.807, 2.05) is 39.0 Å². The number of aryl methyl sites for hydroxylation is 2. The lowest BCUT2D eigenvalue weighted by Crippen LogP contribution is -2.14. The number of nitrogens with zero attached hydrogens (tertiary/aromatic N) is 1. The monoisotopic (exact) mass is 388 g/mol. The van der Waals surface area contributed by atoms with Crippen LogP contribution in [-0.4, -0.2) is 24.0 Å². The van der Waals surface area contributed by atoms with E-state index in [1.165, 1.54) is 37.0 Å². The van der Waals surface area contributed by atoms with Crippen LogP contribution in [-0.2, 0) is 0 Å². The number of nitrogens with one attached hydrogen (secondary N) is 2. The average molecular weight is 389 g/mol. The number of aromatic nitrogens is 1. The number of nitrogens with two attached hydrogens (primary N) is 1. The highest BCUT2D eigenvalue weighted by molar-refractivity contribution is 7.15. The summed E-state index contributed by atoms with van der Waals surface area (Å²) < 4.78 is 0. The predicted octanol–water partition coefficient (Wildman–Crippen LogP) is 5.03. The maximum atomic E-state index is 12.6. The van der Waals surface area contributed by atoms with Crippen LogP contribution in [0.2, 0.25) is 0 Å². The predicted molar refractivity (Wildman–Crippen MR) is 116 cm³/mol. The molecular formula is C21H32N4OS. The fourth-order valence-corrected chi connectivity index (χ4v) is 3.77. The first-order chi connectivity index (χ1) is 13.0. The summed E-state index contributed by atoms with van der Waals surface area (Å²) in [4.78, 5) is 18.1. The molecule has 0 saturated carbocycles. The summed E-state index contributed by atoms with van der Waals surface area (Å²) in [5.74, 6) is -0.107. The normalized spacial score (nSPS) is 10.8. The van der Waals surface area contributed by atoms with Gasteiger partial charge in [-0.05, 0) is 57.9 Å². The van der Waals surface area contributed by atoms with Crippen molar-refractivity contribution in [2.75, 3.05) is 23.7 Å². The second-order valence-corrected chi connectivity index (χ2v) is 8.13. The van der Waals surface area contributed by atoms with Crippen LogP contribution in [0.4, 0.5) is 10.8 Å². The Balaban J connectivity index is 1.84. The molecule has 1 aromatic heterocycles. The largest absolute Gasteiger partial charge is 0.385 e. The van der Waals surface area contributed by atoms with Crippen molar-refractivity contribution in [3.63, 3.8) is 0 Å². The number of hydrogen-bond donors (Lipinski definition) is 3. The number of anilines is 2. The highest BCUT2D eigenvalue weighted by Crippen LogP contribution is 2.24. The fraction of sp³-hybridized carbons (Fsp3) is 0.524. The van der Waals surface area contributed by atoms with Crippen molar-refractivity contribution >= 4 is 28.1 Å². The van der Waals surface area contributed by atoms with Crippen LogP contribution >= 0.6 is 11.3 Å². The number of carbonyl (C=O) groups is 1. The van der Waals surface area contributed by atoms with Gasteiger partial charge in [-0.1, -0.05) is 31.7 Å². The molecule has 0 atom stereocenters. The molecule has 0 bridgehead atoms. The van der Waals surface area contributed by atoms with Gasteiger partial charge in [0.1, 0.15) is 0 Å². The molecule has 1 aromatic carbocycles. The Bertz CT molecular complexity index is 722. The lowest BCUT2D eigenvalue weighted by molar-refractivity contribution is 0.102. The lowest BCUT2D eigenvalue weighted by Gasteiger charge is -2.13. The minimum Gasteiger partial charge on any atom is -0.385 e. The summed E-state index contributed by atoms with van der Waals surface area (Å²) in [6, 6.07) is 5.82. The summed E-state index contributed by atoms with van der Waals surface area (Å²) in [6.45, 7) is 7.68. The Morgan fingerprint density at radius 3 is 2.44 bits per heavy atom. The third-order valence-corrected chi connectivity index (χ3v) is 5.76. The zero-order valence-electron chi connectivity index (χ0n) is 16.7. The van der Waals surface area contributed by atoms with Crippen molar-refractivity contribution in [3.8, 4) is 0 Å². The summed E-state index contributed by atoms with van der Waals surface area (Å²) in [5, 5.41) is 7.05. The molecule has 0 aliphatic rings. The molecule has 0 unspecified atom stereocenters. The van der Waals surface area contributed by atoms with Crippen molar-refractivity contribution in [2.45, 2.75) is 59.3 Å². The van der Waals surface area contributed by atoms with E-state index in [9.17, 15) is 4.79 Å². The van der Waals surface area contributed by atoms with E-state index in [2.05, 4.69) is 15.6 Å². The topological polar surface area (TPSA) is 80.0 Å². The molecule has 0 radical (unpaired) electrons. The van der Waals surface area contributed by atoms with Gasteiger partial charge in [0.15, 0.2) is 5.13 Å². The summed E-state index contributed by atoms with van der Waals surface area (Å²) >= 11 is 1.51. The van der Waals surface area contributed by atoms with Crippen LogP contribution in [0.3, 0.4) is 0 Å². The molecule has 148 valence electrons. The van der Waals surface area contributed by atoms with E-state index in [4.69, 9.17) is 5.73 Å². The second kappa shape index (κ2) is 11.0. The SMILES string of the molecule is Cc1nc(NC(=O)c2cccc(NCCCCCCCCN)c2C)sc1C. The number of thiazole rings is 1. The summed E-state index contributed by atoms with van der Waals surface area (Å²) in [6.07, 6.45) is 7.25. The van der Waals surface area contributed by atoms with E-state index in [0.29, 0.717) is 10.7 Å². The summed E-state index contributed by atoms with van der Waals surface area (Å²) in [7, 11) is 0. The van der Waals surface area contributed by atoms with Crippen LogP contribution in [0.15, 0.2) is 18.2 Å². The molecule has 1 amide bonds. The Morgan fingerprint density at radius 2 is 1.78 bits per heavy atom. The molecule has 0 aliphatic heterocycles. The van der Waals surface area contributed by atoms with Gasteiger partial charge < -0.3 is 11.1 Å². The molecule has 2 aromatic rings. The van der Waals surface area contributed by atoms with Crippen molar-refractivity contribution < 1.29 is 4.79 Å². The smallest absolute Gasteiger partial charge is 0.257 e. The maximum Gasteiger partial charge on any atom is 0.257 e. The molecule has 1 heterocycles. The molecule has 4 N–H and O–H groups in total. The van der Waals surface area contributed by atoms with Crippen LogP contribution < -0.4 is 16.4 Å². The number of benzene rings is 1. The van der Waals surface area contributed by atoms with Crippen molar-refractivity contribution in [3.05, 3.63) is 39.9 Å². The molecular weight excluding hydrogens is 356 g/mol. The highest BCUT2D eigenvalue weighted by atomic mass is 32.1. The van der Waals surface area contributed by atoms with Crippen LogP contribution in [0.1, 0.15) is 65.0 Å². The second-order valence-electron chi connectivity index (χ2n) is 6.93. The fourth-order valence-electron chi connectivity index (χ4n) is 2.96. The van der Waals surface area contributed by atoms with Crippen LogP contribution in [0, 0.1) is 20.8 Å². The van der Waals surface area contributed by atoms with Gasteiger partial charge in [0, 0.05) is 22.7 Å². The van der Waals surface area contributed by atoms with Crippen molar-refractivity contribution in [1.82, 2.24) is 4.98 Å². The highest BCUT2D eigenvalue weighted by Gasteiger charge is 2.14. The van der Waals surface area contributed by atoms with Crippen molar-refractivity contribution in [1.29, 1.82) is 0 Å². The Morgan fingerprint density at radius 1 is 1.07 bits per heavy atom. The molecule has 0 aliphatic carbocycles. The van der Waals surface area contributed by atoms with Gasteiger partial charge in [-0.15, -0.1) is 11.3 Å². The zero-order chi connectivity index (χ0) is 19.6. The number of amides is 1. The molecule has 0 spiro atoms. The van der Waals surface area contributed by atoms with E-state index < -0.39 is 0 Å². The van der Waals surface area contributed by atoms with Crippen LogP contribution in [0.5, 0.6) is 0 Å². The quantitative estimate of drug-likeness (QED) is 0.472. The first-order valence-electron chi connectivity index (χ1n) is 9.82. The van der Waals surface area contributed by atoms with Gasteiger partial charge in [-0.25, -0.2) is 4.98 Å². The van der Waals surface area contributed by atoms with E-state index in [0.717, 1.165) is 47.8 Å². The Kier molecular flexibility index (Phi) is 8.75. The van der Waals surface area contributed by atoms with Gasteiger partial charge in [-0.3, -0.25) is 10.1 Å². The van der Waals surface area contributed by atoms with E-state index >= 15 is 0 Å². The average Bonchev–Trinajstić information content (AvgIpc) is 2.95. The zero-order valence-corrected chi connectivity index (χ0v) is 17.5. The molecule has 0 fully saturated rings. The molecule has 6 heteroatoms. The summed E-state index contributed by atoms with van der Waals surface area (Å²) in [5.41, 5.74) is 9.16. The number of unbranched alkanes of at least 4 members (excludes halogenated alkanes) is 5. The molecule has 5 nitrogen and oxygen atoms in total. The van der Waals surface area contributed by atoms with Gasteiger partial charge in [0.25, 0.3) is 5.91 Å². The third kappa shape index (κ3) is 6.63. The minimum atomic E-state index is -0.107. The first-order valence-corrected chi connectivity index (χ1v) is 10.6. The maximum absolute atomic E-state index is 12.6. The van der Waals surface area contributed by atoms with E-state index in [-0.39, 0.29) is 5.91 Å². The third-order valence-electron chi connectivity index (χ3n) is 4.77. The number of carbonyl (C=O) groups excluding carboxylic acids is 1. The van der Waals surface area contributed by atoms with Crippen molar-refractivity contribution in [2.24, 2.45) is 5.73 Å². The lowest BCUT2D eigenvalue weighted by atomic mass is 10.1. The van der Waals surface area contributed by atoms with E-state index in [1.54, 1.807) is 0 Å². The molecule has 0 saturated heterocycles. The van der Waals surface area contributed by atoms with Gasteiger partial charge in [0.05, 0.1) is 5.69 Å². The number of hydrogen-bond acceptors (Lipinski definition) is 5. The first kappa shape index (κ1) is 21.4. The Labute approximate surface area is 166 Å². The van der Waals surface area contributed by atoms with Gasteiger partial charge in [0.2, 0.25) is 0 Å². The molecule has 2 rings (SSSR count). The van der Waals surface area contributed by atoms with Gasteiger partial charge in [-0.2, -0.15) is 0 Å². The van der Waals surface area contributed by atoms with Gasteiger partial charge >= 0.3 is 0 Å². The standard InChI is InChI=1S/C21H32N4OS/c1-15-18(20(26)25-21-24-16(2)17(3)27-21)11-10-12-19(15)23-14-9-7-5-4-6-8-13-22/h10-12,23H,4-9,13-14,22H2,1-3H3,(H,24,25,26). The minimum absolute atomic E-state index is 0.107. The molecule has 27 heavy (non-hydrogen) atoms. The Hall–Kier alpha value is -1.92.